The molecule has 1 fully saturated rings. The second-order valence-corrected chi connectivity index (χ2v) is 7.29. The predicted molar refractivity (Wildman–Crippen MR) is 113 cm³/mol. The molecule has 1 aromatic carbocycles. The minimum atomic E-state index is -0.132. The quantitative estimate of drug-likeness (QED) is 0.574. The maximum atomic E-state index is 12.8. The maximum Gasteiger partial charge on any atom is 0.261 e. The Labute approximate surface area is 169 Å². The van der Waals surface area contributed by atoms with E-state index in [0.717, 1.165) is 24.3 Å². The van der Waals surface area contributed by atoms with Gasteiger partial charge in [-0.25, -0.2) is 9.97 Å². The molecule has 3 aromatic rings. The Morgan fingerprint density at radius 3 is 2.59 bits per heavy atom. The van der Waals surface area contributed by atoms with Crippen LogP contribution in [0.5, 0.6) is 11.6 Å². The van der Waals surface area contributed by atoms with Crippen molar-refractivity contribution in [2.75, 3.05) is 33.4 Å². The molecular weight excluding hydrogens is 368 g/mol. The topological polar surface area (TPSA) is 69.5 Å². The van der Waals surface area contributed by atoms with Crippen molar-refractivity contribution in [1.29, 1.82) is 0 Å². The largest absolute Gasteiger partial charge is 0.494 e. The zero-order valence-corrected chi connectivity index (χ0v) is 16.9. The molecule has 1 aliphatic heterocycles. The summed E-state index contributed by atoms with van der Waals surface area (Å²) in [5, 5.41) is 0.487. The number of likely N-dealkylation sites (tertiary alicyclic amines) is 1. The molecule has 152 valence electrons. The van der Waals surface area contributed by atoms with Crippen molar-refractivity contribution in [1.82, 2.24) is 19.4 Å². The minimum Gasteiger partial charge on any atom is -0.494 e. The number of benzene rings is 1. The highest BCUT2D eigenvalue weighted by Gasteiger charge is 2.14. The van der Waals surface area contributed by atoms with Gasteiger partial charge < -0.3 is 14.4 Å². The Hall–Kier alpha value is -2.93. The van der Waals surface area contributed by atoms with Crippen LogP contribution in [0.15, 0.2) is 41.3 Å². The molecule has 0 bridgehead atoms. The highest BCUT2D eigenvalue weighted by molar-refractivity contribution is 5.83. The van der Waals surface area contributed by atoms with Gasteiger partial charge >= 0.3 is 0 Å². The van der Waals surface area contributed by atoms with Crippen molar-refractivity contribution in [3.63, 3.8) is 0 Å². The van der Waals surface area contributed by atoms with Crippen LogP contribution in [-0.4, -0.2) is 52.8 Å². The van der Waals surface area contributed by atoms with E-state index < -0.39 is 0 Å². The Balaban J connectivity index is 1.50. The van der Waals surface area contributed by atoms with Crippen LogP contribution in [0.4, 0.5) is 0 Å². The molecule has 4 rings (SSSR count). The van der Waals surface area contributed by atoms with Crippen molar-refractivity contribution in [2.45, 2.75) is 19.3 Å². The first-order valence-electron chi connectivity index (χ1n) is 10.0. The first-order valence-corrected chi connectivity index (χ1v) is 10.0. The van der Waals surface area contributed by atoms with Crippen LogP contribution in [0.1, 0.15) is 19.3 Å². The van der Waals surface area contributed by atoms with Gasteiger partial charge in [-0.1, -0.05) is 0 Å². The summed E-state index contributed by atoms with van der Waals surface area (Å²) < 4.78 is 12.7. The lowest BCUT2D eigenvalue weighted by molar-refractivity contribution is 0.263. The Morgan fingerprint density at radius 2 is 1.86 bits per heavy atom. The van der Waals surface area contributed by atoms with Crippen LogP contribution >= 0.6 is 0 Å². The van der Waals surface area contributed by atoms with Crippen LogP contribution in [0.2, 0.25) is 0 Å². The predicted octanol–water partition coefficient (Wildman–Crippen LogP) is 2.87. The van der Waals surface area contributed by atoms with Gasteiger partial charge in [0.1, 0.15) is 17.1 Å². The van der Waals surface area contributed by atoms with E-state index >= 15 is 0 Å². The molecule has 0 unspecified atom stereocenters. The highest BCUT2D eigenvalue weighted by Crippen LogP contribution is 2.24. The van der Waals surface area contributed by atoms with E-state index in [2.05, 4.69) is 14.9 Å². The van der Waals surface area contributed by atoms with Crippen LogP contribution in [0.3, 0.4) is 0 Å². The van der Waals surface area contributed by atoms with Gasteiger partial charge in [-0.3, -0.25) is 9.36 Å². The fraction of sp³-hybridized carbons (Fsp3) is 0.409. The molecule has 0 spiro atoms. The number of hydrogen-bond acceptors (Lipinski definition) is 6. The van der Waals surface area contributed by atoms with Gasteiger partial charge in [0.2, 0.25) is 5.88 Å². The Bertz CT molecular complexity index is 1040. The molecule has 1 saturated heterocycles. The molecule has 0 atom stereocenters. The summed E-state index contributed by atoms with van der Waals surface area (Å²) in [5.74, 6) is 1.73. The van der Waals surface area contributed by atoms with Gasteiger partial charge in [0.05, 0.1) is 19.1 Å². The molecule has 0 amide bonds. The molecular formula is C22H26N4O3. The molecule has 0 radical (unpaired) electrons. The van der Waals surface area contributed by atoms with E-state index in [1.54, 1.807) is 23.9 Å². The number of aromatic nitrogens is 3. The van der Waals surface area contributed by atoms with Crippen molar-refractivity contribution in [3.8, 4) is 23.0 Å². The molecule has 7 nitrogen and oxygen atoms in total. The van der Waals surface area contributed by atoms with Gasteiger partial charge in [0.25, 0.3) is 5.56 Å². The summed E-state index contributed by atoms with van der Waals surface area (Å²) in [7, 11) is 3.25. The zero-order chi connectivity index (χ0) is 20.2. The fourth-order valence-corrected chi connectivity index (χ4v) is 3.77. The summed E-state index contributed by atoms with van der Waals surface area (Å²) in [6, 6.07) is 9.35. The molecule has 0 saturated carbocycles. The minimum absolute atomic E-state index is 0.132. The third-order valence-electron chi connectivity index (χ3n) is 5.35. The Kier molecular flexibility index (Phi) is 5.76. The highest BCUT2D eigenvalue weighted by atomic mass is 16.5. The molecule has 0 N–H and O–H groups in total. The smallest absolute Gasteiger partial charge is 0.261 e. The first kappa shape index (κ1) is 19.4. The first-order chi connectivity index (χ1) is 14.2. The number of ether oxygens (including phenoxy) is 2. The third kappa shape index (κ3) is 4.10. The number of rotatable bonds is 7. The van der Waals surface area contributed by atoms with Gasteiger partial charge in [0, 0.05) is 25.4 Å². The Morgan fingerprint density at radius 1 is 1.10 bits per heavy atom. The molecule has 2 aromatic heterocycles. The average molecular weight is 394 g/mol. The monoisotopic (exact) mass is 394 g/mol. The number of hydrogen-bond donors (Lipinski definition) is 0. The summed E-state index contributed by atoms with van der Waals surface area (Å²) in [4.78, 5) is 24.1. The summed E-state index contributed by atoms with van der Waals surface area (Å²) in [5.41, 5.74) is 1.17. The van der Waals surface area contributed by atoms with Crippen LogP contribution < -0.4 is 15.0 Å². The van der Waals surface area contributed by atoms with Gasteiger partial charge in [-0.15, -0.1) is 0 Å². The van der Waals surface area contributed by atoms with E-state index in [1.165, 1.54) is 33.0 Å². The third-order valence-corrected chi connectivity index (χ3v) is 5.35. The second-order valence-electron chi connectivity index (χ2n) is 7.29. The molecule has 7 heteroatoms. The van der Waals surface area contributed by atoms with E-state index in [-0.39, 0.29) is 5.56 Å². The molecule has 0 aliphatic carbocycles. The lowest BCUT2D eigenvalue weighted by Crippen LogP contribution is -2.21. The lowest BCUT2D eigenvalue weighted by atomic mass is 10.2. The fourth-order valence-electron chi connectivity index (χ4n) is 3.77. The zero-order valence-electron chi connectivity index (χ0n) is 16.9. The number of methoxy groups -OCH3 is 1. The van der Waals surface area contributed by atoms with Gasteiger partial charge in [-0.05, 0) is 62.7 Å². The molecule has 29 heavy (non-hydrogen) atoms. The maximum absolute atomic E-state index is 12.8. The molecule has 1 aliphatic rings. The van der Waals surface area contributed by atoms with Crippen molar-refractivity contribution in [2.24, 2.45) is 7.05 Å². The summed E-state index contributed by atoms with van der Waals surface area (Å²) >= 11 is 0. The summed E-state index contributed by atoms with van der Waals surface area (Å²) in [6.45, 7) is 4.22. The standard InChI is InChI=1S/C22H26N4O3/c1-25-20(24-19-18(22(25)27)10-11-23-21(19)28-2)16-6-8-17(9-7-16)29-15-5-14-26-12-3-4-13-26/h6-11H,3-5,12-15H2,1-2H3. The van der Waals surface area contributed by atoms with Gasteiger partial charge in [-0.2, -0.15) is 0 Å². The molecule has 3 heterocycles. The van der Waals surface area contributed by atoms with E-state index in [0.29, 0.717) is 29.2 Å². The van der Waals surface area contributed by atoms with Crippen molar-refractivity contribution in [3.05, 3.63) is 46.9 Å². The normalized spacial score (nSPS) is 14.4. The summed E-state index contributed by atoms with van der Waals surface area (Å²) in [6.07, 6.45) is 5.21. The average Bonchev–Trinajstić information content (AvgIpc) is 3.27. The number of pyridine rings is 1. The van der Waals surface area contributed by atoms with Gasteiger partial charge in [0.15, 0.2) is 0 Å². The van der Waals surface area contributed by atoms with Crippen LogP contribution in [0, 0.1) is 0 Å². The van der Waals surface area contributed by atoms with Crippen molar-refractivity contribution >= 4 is 10.9 Å². The van der Waals surface area contributed by atoms with Crippen LogP contribution in [-0.2, 0) is 7.05 Å². The van der Waals surface area contributed by atoms with E-state index in [4.69, 9.17) is 9.47 Å². The SMILES string of the molecule is COc1nccc2c(=O)n(C)c(-c3ccc(OCCCN4CCCC4)cc3)nc12. The number of fused-ring (bicyclic) bond motifs is 1. The number of nitrogens with zero attached hydrogens (tertiary/aromatic N) is 4. The van der Waals surface area contributed by atoms with Crippen molar-refractivity contribution < 1.29 is 9.47 Å². The second kappa shape index (κ2) is 8.61. The van der Waals surface area contributed by atoms with Crippen LogP contribution in [0.25, 0.3) is 22.3 Å². The van der Waals surface area contributed by atoms with E-state index in [1.807, 2.05) is 24.3 Å². The lowest BCUT2D eigenvalue weighted by Gasteiger charge is -2.14. The van der Waals surface area contributed by atoms with E-state index in [9.17, 15) is 4.79 Å².